The smallest absolute Gasteiger partial charge is 0.120 e. The third kappa shape index (κ3) is 2.10. The summed E-state index contributed by atoms with van der Waals surface area (Å²) in [5, 5.41) is 8.79. The molecule has 0 aliphatic rings. The van der Waals surface area contributed by atoms with Crippen LogP contribution in [0.2, 0.25) is 0 Å². The average molecular weight is 178 g/mol. The van der Waals surface area contributed by atoms with Crippen LogP contribution in [0.15, 0.2) is 12.1 Å². The van der Waals surface area contributed by atoms with Crippen molar-refractivity contribution >= 4 is 0 Å². The molecule has 0 radical (unpaired) electrons. The fourth-order valence-electron chi connectivity index (χ4n) is 1.41. The maximum Gasteiger partial charge on any atom is 0.120 e. The second-order valence-corrected chi connectivity index (χ2v) is 2.81. The molecule has 0 atom stereocenters. The van der Waals surface area contributed by atoms with Crippen LogP contribution in [0.5, 0.6) is 0 Å². The van der Waals surface area contributed by atoms with Crippen LogP contribution in [0.3, 0.4) is 0 Å². The molecule has 0 aliphatic carbocycles. The fraction of sp³-hybridized carbons (Fsp3) is 0.500. The first kappa shape index (κ1) is 9.82. The molecule has 0 saturated carbocycles. The molecular formula is C10H14N2O. The van der Waals surface area contributed by atoms with E-state index >= 15 is 0 Å². The quantitative estimate of drug-likeness (QED) is 0.701. The van der Waals surface area contributed by atoms with Gasteiger partial charge in [-0.1, -0.05) is 0 Å². The number of hydrogen-bond donors (Lipinski definition) is 0. The number of hydrogen-bond acceptors (Lipinski definition) is 2. The van der Waals surface area contributed by atoms with Gasteiger partial charge in [-0.25, -0.2) is 0 Å². The molecule has 0 unspecified atom stereocenters. The van der Waals surface area contributed by atoms with Gasteiger partial charge in [-0.05, 0) is 19.1 Å². The first-order valence-electron chi connectivity index (χ1n) is 4.41. The van der Waals surface area contributed by atoms with Gasteiger partial charge in [0.15, 0.2) is 0 Å². The van der Waals surface area contributed by atoms with E-state index in [1.54, 1.807) is 7.11 Å². The Labute approximate surface area is 78.5 Å². The zero-order valence-corrected chi connectivity index (χ0v) is 8.08. The summed E-state index contributed by atoms with van der Waals surface area (Å²) in [4.78, 5) is 0. The molecule has 13 heavy (non-hydrogen) atoms. The number of nitrogens with zero attached hydrogens (tertiary/aromatic N) is 2. The number of rotatable bonds is 4. The van der Waals surface area contributed by atoms with E-state index in [-0.39, 0.29) is 0 Å². The van der Waals surface area contributed by atoms with Crippen molar-refractivity contribution in [1.82, 2.24) is 4.57 Å². The molecule has 0 fully saturated rings. The molecule has 0 spiro atoms. The highest BCUT2D eigenvalue weighted by molar-refractivity contribution is 5.27. The monoisotopic (exact) mass is 178 g/mol. The lowest BCUT2D eigenvalue weighted by atomic mass is 10.3. The normalized spacial score (nSPS) is 9.92. The largest absolute Gasteiger partial charge is 0.384 e. The van der Waals surface area contributed by atoms with Gasteiger partial charge in [0.2, 0.25) is 0 Å². The van der Waals surface area contributed by atoms with Crippen molar-refractivity contribution in [3.8, 4) is 6.07 Å². The topological polar surface area (TPSA) is 38.0 Å². The molecule has 1 heterocycles. The third-order valence-corrected chi connectivity index (χ3v) is 2.06. The van der Waals surface area contributed by atoms with Crippen LogP contribution in [0.4, 0.5) is 0 Å². The molecule has 1 aromatic rings. The summed E-state index contributed by atoms with van der Waals surface area (Å²) in [7, 11) is 1.68. The fourth-order valence-corrected chi connectivity index (χ4v) is 1.41. The standard InChI is InChI=1S/C10H14N2O/c1-3-12-9(6-7-13-2)4-5-10(12)8-11/h4-5H,3,6-7H2,1-2H3. The molecule has 0 aromatic carbocycles. The minimum Gasteiger partial charge on any atom is -0.384 e. The van der Waals surface area contributed by atoms with Gasteiger partial charge >= 0.3 is 0 Å². The van der Waals surface area contributed by atoms with Crippen LogP contribution in [0.1, 0.15) is 18.3 Å². The molecule has 1 aromatic heterocycles. The summed E-state index contributed by atoms with van der Waals surface area (Å²) >= 11 is 0. The van der Waals surface area contributed by atoms with Crippen molar-refractivity contribution in [2.45, 2.75) is 19.9 Å². The van der Waals surface area contributed by atoms with Crippen molar-refractivity contribution in [1.29, 1.82) is 5.26 Å². The molecule has 0 N–H and O–H groups in total. The lowest BCUT2D eigenvalue weighted by molar-refractivity contribution is 0.200. The maximum atomic E-state index is 8.79. The van der Waals surface area contributed by atoms with Gasteiger partial charge in [-0.2, -0.15) is 5.26 Å². The Morgan fingerprint density at radius 3 is 2.85 bits per heavy atom. The van der Waals surface area contributed by atoms with E-state index in [1.807, 2.05) is 23.6 Å². The van der Waals surface area contributed by atoms with Gasteiger partial charge in [-0.3, -0.25) is 0 Å². The molecule has 70 valence electrons. The van der Waals surface area contributed by atoms with Gasteiger partial charge < -0.3 is 9.30 Å². The zero-order valence-electron chi connectivity index (χ0n) is 8.08. The predicted octanol–water partition coefficient (Wildman–Crippen LogP) is 1.57. The summed E-state index contributed by atoms with van der Waals surface area (Å²) in [6.45, 7) is 3.58. The van der Waals surface area contributed by atoms with Gasteiger partial charge in [0, 0.05) is 25.8 Å². The zero-order chi connectivity index (χ0) is 9.68. The van der Waals surface area contributed by atoms with E-state index in [0.29, 0.717) is 6.61 Å². The highest BCUT2D eigenvalue weighted by atomic mass is 16.5. The van der Waals surface area contributed by atoms with Crippen molar-refractivity contribution < 1.29 is 4.74 Å². The minimum atomic E-state index is 0.703. The number of methoxy groups -OCH3 is 1. The Kier molecular flexibility index (Phi) is 3.53. The highest BCUT2D eigenvalue weighted by Crippen LogP contribution is 2.08. The number of aromatic nitrogens is 1. The molecule has 0 amide bonds. The van der Waals surface area contributed by atoms with Crippen LogP contribution in [0.25, 0.3) is 0 Å². The van der Waals surface area contributed by atoms with Crippen molar-refractivity contribution in [3.63, 3.8) is 0 Å². The highest BCUT2D eigenvalue weighted by Gasteiger charge is 2.04. The molecule has 3 heteroatoms. The summed E-state index contributed by atoms with van der Waals surface area (Å²) in [6.07, 6.45) is 0.867. The Balaban J connectivity index is 2.83. The first-order chi connectivity index (χ1) is 6.33. The van der Waals surface area contributed by atoms with Crippen LogP contribution in [-0.4, -0.2) is 18.3 Å². The van der Waals surface area contributed by atoms with Crippen LogP contribution >= 0.6 is 0 Å². The molecule has 3 nitrogen and oxygen atoms in total. The SMILES string of the molecule is CCn1c(C#N)ccc1CCOC. The Bertz CT molecular complexity index is 309. The first-order valence-corrected chi connectivity index (χ1v) is 4.41. The summed E-state index contributed by atoms with van der Waals surface area (Å²) < 4.78 is 7.00. The van der Waals surface area contributed by atoms with E-state index < -0.39 is 0 Å². The lowest BCUT2D eigenvalue weighted by Gasteiger charge is -2.06. The van der Waals surface area contributed by atoms with E-state index in [9.17, 15) is 0 Å². The minimum absolute atomic E-state index is 0.703. The average Bonchev–Trinajstić information content (AvgIpc) is 2.56. The Morgan fingerprint density at radius 2 is 2.31 bits per heavy atom. The molecule has 0 aliphatic heterocycles. The van der Waals surface area contributed by atoms with Gasteiger partial charge in [-0.15, -0.1) is 0 Å². The summed E-state index contributed by atoms with van der Waals surface area (Å²) in [6, 6.07) is 6.01. The maximum absolute atomic E-state index is 8.79. The van der Waals surface area contributed by atoms with Crippen LogP contribution in [0, 0.1) is 11.3 Å². The summed E-state index contributed by atoms with van der Waals surface area (Å²) in [5.41, 5.74) is 1.90. The second-order valence-electron chi connectivity index (χ2n) is 2.81. The van der Waals surface area contributed by atoms with E-state index in [4.69, 9.17) is 10.00 Å². The molecular weight excluding hydrogens is 164 g/mol. The van der Waals surface area contributed by atoms with Crippen LogP contribution in [-0.2, 0) is 17.7 Å². The van der Waals surface area contributed by atoms with Gasteiger partial charge in [0.25, 0.3) is 0 Å². The second kappa shape index (κ2) is 4.68. The molecule has 0 bridgehead atoms. The number of ether oxygens (including phenoxy) is 1. The van der Waals surface area contributed by atoms with Gasteiger partial charge in [0.05, 0.1) is 6.61 Å². The van der Waals surface area contributed by atoms with Gasteiger partial charge in [0.1, 0.15) is 11.8 Å². The predicted molar refractivity (Wildman–Crippen MR) is 50.4 cm³/mol. The summed E-state index contributed by atoms with van der Waals surface area (Å²) in [5.74, 6) is 0. The van der Waals surface area contributed by atoms with Crippen molar-refractivity contribution in [3.05, 3.63) is 23.5 Å². The van der Waals surface area contributed by atoms with Crippen molar-refractivity contribution in [2.24, 2.45) is 0 Å². The number of nitriles is 1. The molecule has 1 rings (SSSR count). The van der Waals surface area contributed by atoms with E-state index in [2.05, 4.69) is 6.07 Å². The Morgan fingerprint density at radius 1 is 1.54 bits per heavy atom. The third-order valence-electron chi connectivity index (χ3n) is 2.06. The molecule has 0 saturated heterocycles. The van der Waals surface area contributed by atoms with E-state index in [1.165, 1.54) is 5.69 Å². The van der Waals surface area contributed by atoms with E-state index in [0.717, 1.165) is 18.7 Å². The Hall–Kier alpha value is -1.27. The van der Waals surface area contributed by atoms with Crippen LogP contribution < -0.4 is 0 Å². The lowest BCUT2D eigenvalue weighted by Crippen LogP contribution is -2.05. The van der Waals surface area contributed by atoms with Crippen molar-refractivity contribution in [2.75, 3.05) is 13.7 Å².